The second-order valence-corrected chi connectivity index (χ2v) is 9.79. The molecular formula is C26H35NO4. The van der Waals surface area contributed by atoms with E-state index in [0.29, 0.717) is 0 Å². The van der Waals surface area contributed by atoms with Gasteiger partial charge in [-0.25, -0.2) is 0 Å². The average Bonchev–Trinajstić information content (AvgIpc) is 2.73. The molecule has 1 fully saturated rings. The zero-order valence-corrected chi connectivity index (χ0v) is 19.0. The Morgan fingerprint density at radius 2 is 1.71 bits per heavy atom. The number of ether oxygens (including phenoxy) is 2. The fourth-order valence-corrected chi connectivity index (χ4v) is 4.77. The number of aliphatic hydroxyl groups is 2. The van der Waals surface area contributed by atoms with Crippen LogP contribution in [0, 0.1) is 0 Å². The first-order valence-electron chi connectivity index (χ1n) is 11.4. The largest absolute Gasteiger partial charge is 0.487 e. The lowest BCUT2D eigenvalue weighted by molar-refractivity contribution is -0.109. The maximum absolute atomic E-state index is 11.0. The molecule has 1 saturated heterocycles. The molecule has 0 radical (unpaired) electrons. The van der Waals surface area contributed by atoms with Crippen molar-refractivity contribution >= 4 is 0 Å². The summed E-state index contributed by atoms with van der Waals surface area (Å²) >= 11 is 0. The molecule has 5 heteroatoms. The topological polar surface area (TPSA) is 62.2 Å². The lowest BCUT2D eigenvalue weighted by Crippen LogP contribution is -2.51. The zero-order chi connectivity index (χ0) is 22.2. The molecule has 168 valence electrons. The van der Waals surface area contributed by atoms with Crippen molar-refractivity contribution in [1.82, 2.24) is 4.90 Å². The first kappa shape index (κ1) is 22.3. The second kappa shape index (κ2) is 8.55. The average molecular weight is 426 g/mol. The smallest absolute Gasteiger partial charge is 0.133 e. The van der Waals surface area contributed by atoms with Crippen molar-refractivity contribution in [1.29, 1.82) is 0 Å². The maximum Gasteiger partial charge on any atom is 0.133 e. The summed E-state index contributed by atoms with van der Waals surface area (Å²) < 4.78 is 12.8. The molecule has 0 bridgehead atoms. The minimum absolute atomic E-state index is 0.0378. The van der Waals surface area contributed by atoms with Gasteiger partial charge in [0, 0.05) is 37.9 Å². The van der Waals surface area contributed by atoms with Gasteiger partial charge in [-0.15, -0.1) is 0 Å². The van der Waals surface area contributed by atoms with E-state index in [4.69, 9.17) is 9.47 Å². The number of fused-ring (bicyclic) bond motifs is 1. The number of rotatable bonds is 5. The molecule has 1 unspecified atom stereocenters. The molecule has 31 heavy (non-hydrogen) atoms. The van der Waals surface area contributed by atoms with Crippen LogP contribution in [0.15, 0.2) is 48.5 Å². The fraction of sp³-hybridized carbons (Fsp3) is 0.538. The van der Waals surface area contributed by atoms with Gasteiger partial charge in [0.25, 0.3) is 0 Å². The van der Waals surface area contributed by atoms with E-state index in [1.807, 2.05) is 42.5 Å². The van der Waals surface area contributed by atoms with Crippen LogP contribution in [0.25, 0.3) is 0 Å². The van der Waals surface area contributed by atoms with Crippen LogP contribution in [-0.4, -0.2) is 39.9 Å². The third-order valence-electron chi connectivity index (χ3n) is 6.56. The normalized spacial score (nSPS) is 22.2. The molecule has 1 spiro atoms. The SMILES string of the molecule is CC(C)O[C@H]1CC2(CCN(C(O)c3ccc(C(C)(C)O)cc3)CC2)Oc2ccccc21. The Balaban J connectivity index is 1.45. The fourth-order valence-electron chi connectivity index (χ4n) is 4.77. The summed E-state index contributed by atoms with van der Waals surface area (Å²) in [7, 11) is 0. The molecule has 2 aromatic rings. The number of benzene rings is 2. The van der Waals surface area contributed by atoms with E-state index in [1.54, 1.807) is 13.8 Å². The van der Waals surface area contributed by atoms with E-state index < -0.39 is 11.8 Å². The lowest BCUT2D eigenvalue weighted by atomic mass is 9.81. The van der Waals surface area contributed by atoms with Crippen molar-refractivity contribution in [3.8, 4) is 5.75 Å². The molecule has 2 N–H and O–H groups in total. The van der Waals surface area contributed by atoms with Crippen molar-refractivity contribution in [2.75, 3.05) is 13.1 Å². The summed E-state index contributed by atoms with van der Waals surface area (Å²) in [6, 6.07) is 15.8. The van der Waals surface area contributed by atoms with E-state index in [9.17, 15) is 10.2 Å². The van der Waals surface area contributed by atoms with Crippen molar-refractivity contribution in [3.05, 3.63) is 65.2 Å². The quantitative estimate of drug-likeness (QED) is 0.728. The van der Waals surface area contributed by atoms with Gasteiger partial charge in [-0.05, 0) is 44.9 Å². The number of hydrogen-bond donors (Lipinski definition) is 2. The number of nitrogens with zero attached hydrogens (tertiary/aromatic N) is 1. The number of para-hydroxylation sites is 1. The summed E-state index contributed by atoms with van der Waals surface area (Å²) in [5.74, 6) is 0.926. The van der Waals surface area contributed by atoms with Gasteiger partial charge in [-0.1, -0.05) is 42.5 Å². The molecule has 2 aliphatic heterocycles. The Kier molecular flexibility index (Phi) is 6.14. The predicted molar refractivity (Wildman–Crippen MR) is 121 cm³/mol. The number of hydrogen-bond acceptors (Lipinski definition) is 5. The second-order valence-electron chi connectivity index (χ2n) is 9.79. The molecule has 2 heterocycles. The van der Waals surface area contributed by atoms with Crippen LogP contribution in [0.2, 0.25) is 0 Å². The molecule has 2 aromatic carbocycles. The Morgan fingerprint density at radius 3 is 2.32 bits per heavy atom. The van der Waals surface area contributed by atoms with Gasteiger partial charge in [0.2, 0.25) is 0 Å². The highest BCUT2D eigenvalue weighted by Crippen LogP contribution is 2.46. The molecule has 2 atom stereocenters. The Hall–Kier alpha value is -1.92. The van der Waals surface area contributed by atoms with Crippen LogP contribution < -0.4 is 4.74 Å². The number of likely N-dealkylation sites (tertiary alicyclic amines) is 1. The number of aliphatic hydroxyl groups excluding tert-OH is 1. The van der Waals surface area contributed by atoms with Crippen molar-refractivity contribution in [3.63, 3.8) is 0 Å². The highest BCUT2D eigenvalue weighted by Gasteiger charge is 2.44. The minimum Gasteiger partial charge on any atom is -0.487 e. The van der Waals surface area contributed by atoms with Crippen LogP contribution in [-0.2, 0) is 10.3 Å². The van der Waals surface area contributed by atoms with Gasteiger partial charge < -0.3 is 19.7 Å². The maximum atomic E-state index is 11.0. The van der Waals surface area contributed by atoms with Crippen LogP contribution in [0.3, 0.4) is 0 Å². The highest BCUT2D eigenvalue weighted by molar-refractivity contribution is 5.38. The molecule has 5 nitrogen and oxygen atoms in total. The predicted octanol–water partition coefficient (Wildman–Crippen LogP) is 4.69. The van der Waals surface area contributed by atoms with Crippen molar-refractivity contribution < 1.29 is 19.7 Å². The van der Waals surface area contributed by atoms with Gasteiger partial charge in [0.1, 0.15) is 17.6 Å². The van der Waals surface area contributed by atoms with Gasteiger partial charge in [0.15, 0.2) is 0 Å². The monoisotopic (exact) mass is 425 g/mol. The molecule has 4 rings (SSSR count). The summed E-state index contributed by atoms with van der Waals surface area (Å²) in [4.78, 5) is 2.10. The van der Waals surface area contributed by atoms with Crippen LogP contribution in [0.4, 0.5) is 0 Å². The highest BCUT2D eigenvalue weighted by atomic mass is 16.5. The third kappa shape index (κ3) is 4.80. The summed E-state index contributed by atoms with van der Waals surface area (Å²) in [5.41, 5.74) is 1.68. The van der Waals surface area contributed by atoms with E-state index in [-0.39, 0.29) is 17.8 Å². The lowest BCUT2D eigenvalue weighted by Gasteiger charge is -2.47. The van der Waals surface area contributed by atoms with E-state index in [1.165, 1.54) is 0 Å². The van der Waals surface area contributed by atoms with Gasteiger partial charge in [-0.3, -0.25) is 4.90 Å². The van der Waals surface area contributed by atoms with E-state index >= 15 is 0 Å². The molecular weight excluding hydrogens is 390 g/mol. The Bertz CT molecular complexity index is 879. The standard InChI is InChI=1S/C26H35NO4/c1-18(2)30-23-17-26(31-22-8-6-5-7-21(22)23)13-15-27(16-14-26)24(28)19-9-11-20(12-10-19)25(3,4)29/h5-12,18,23-24,28-29H,13-17H2,1-4H3/t23-,24?/m0/s1. The molecule has 0 amide bonds. The minimum atomic E-state index is -0.885. The third-order valence-corrected chi connectivity index (χ3v) is 6.56. The Labute approximate surface area is 185 Å². The van der Waals surface area contributed by atoms with Gasteiger partial charge >= 0.3 is 0 Å². The first-order chi connectivity index (χ1) is 14.7. The Morgan fingerprint density at radius 1 is 1.06 bits per heavy atom. The summed E-state index contributed by atoms with van der Waals surface area (Å²) in [5, 5.41) is 21.1. The van der Waals surface area contributed by atoms with Crippen LogP contribution >= 0.6 is 0 Å². The summed E-state index contributed by atoms with van der Waals surface area (Å²) in [6.45, 7) is 9.19. The number of piperidine rings is 1. The van der Waals surface area contributed by atoms with Crippen LogP contribution in [0.1, 0.15) is 76.0 Å². The molecule has 0 saturated carbocycles. The van der Waals surface area contributed by atoms with Crippen molar-refractivity contribution in [2.45, 2.75) is 76.6 Å². The van der Waals surface area contributed by atoms with E-state index in [0.717, 1.165) is 54.8 Å². The zero-order valence-electron chi connectivity index (χ0n) is 19.0. The van der Waals surface area contributed by atoms with Crippen molar-refractivity contribution in [2.24, 2.45) is 0 Å². The molecule has 0 aromatic heterocycles. The van der Waals surface area contributed by atoms with Gasteiger partial charge in [-0.2, -0.15) is 0 Å². The van der Waals surface area contributed by atoms with Crippen LogP contribution in [0.5, 0.6) is 5.75 Å². The van der Waals surface area contributed by atoms with E-state index in [2.05, 4.69) is 24.8 Å². The summed E-state index contributed by atoms with van der Waals surface area (Å²) in [6.07, 6.45) is 2.06. The molecule has 2 aliphatic rings. The first-order valence-corrected chi connectivity index (χ1v) is 11.4. The molecule has 0 aliphatic carbocycles. The van der Waals surface area contributed by atoms with Gasteiger partial charge in [0.05, 0.1) is 17.8 Å².